The predicted molar refractivity (Wildman–Crippen MR) is 88.4 cm³/mol. The molecule has 0 unspecified atom stereocenters. The second-order valence-corrected chi connectivity index (χ2v) is 5.25. The third kappa shape index (κ3) is 3.54. The lowest BCUT2D eigenvalue weighted by Crippen LogP contribution is -2.39. The van der Waals surface area contributed by atoms with Crippen LogP contribution in [0.15, 0.2) is 41.1 Å². The Kier molecular flexibility index (Phi) is 4.46. The standard InChI is InChI=1S/C16H17N5O3/c1-10-4-5-13(15-12(10)8-19-21-15)20-14(22)9-18-16(23)17-7-11-3-2-6-24-11/h2-6,8H,7,9H2,1H3,(H,19,21)(H,20,22)(H2,17,18,23). The highest BCUT2D eigenvalue weighted by molar-refractivity contribution is 6.02. The molecule has 0 aliphatic heterocycles. The summed E-state index contributed by atoms with van der Waals surface area (Å²) < 4.78 is 5.10. The van der Waals surface area contributed by atoms with Crippen LogP contribution in [0.2, 0.25) is 0 Å². The van der Waals surface area contributed by atoms with E-state index in [9.17, 15) is 9.59 Å². The van der Waals surface area contributed by atoms with E-state index in [1.54, 1.807) is 24.4 Å². The molecule has 4 N–H and O–H groups in total. The quantitative estimate of drug-likeness (QED) is 0.573. The minimum Gasteiger partial charge on any atom is -0.467 e. The van der Waals surface area contributed by atoms with Crippen LogP contribution >= 0.6 is 0 Å². The number of hydrogen-bond donors (Lipinski definition) is 4. The van der Waals surface area contributed by atoms with E-state index in [2.05, 4.69) is 26.1 Å². The van der Waals surface area contributed by atoms with Gasteiger partial charge in [-0.05, 0) is 30.7 Å². The Morgan fingerprint density at radius 2 is 2.12 bits per heavy atom. The summed E-state index contributed by atoms with van der Waals surface area (Å²) in [5.74, 6) is 0.304. The van der Waals surface area contributed by atoms with Crippen LogP contribution in [-0.2, 0) is 11.3 Å². The first-order chi connectivity index (χ1) is 11.6. The zero-order valence-electron chi connectivity index (χ0n) is 13.1. The molecule has 8 nitrogen and oxygen atoms in total. The van der Waals surface area contributed by atoms with Gasteiger partial charge >= 0.3 is 6.03 Å². The number of aryl methyl sites for hydroxylation is 1. The number of fused-ring (bicyclic) bond motifs is 1. The smallest absolute Gasteiger partial charge is 0.315 e. The first kappa shape index (κ1) is 15.6. The van der Waals surface area contributed by atoms with Gasteiger partial charge < -0.3 is 20.4 Å². The number of furan rings is 1. The summed E-state index contributed by atoms with van der Waals surface area (Å²) in [4.78, 5) is 23.6. The molecular weight excluding hydrogens is 310 g/mol. The van der Waals surface area contributed by atoms with Crippen LogP contribution in [0.1, 0.15) is 11.3 Å². The summed E-state index contributed by atoms with van der Waals surface area (Å²) in [6, 6.07) is 6.74. The van der Waals surface area contributed by atoms with Gasteiger partial charge in [0, 0.05) is 5.39 Å². The van der Waals surface area contributed by atoms with E-state index in [1.165, 1.54) is 6.26 Å². The monoisotopic (exact) mass is 327 g/mol. The molecule has 3 aromatic rings. The Bertz CT molecular complexity index is 854. The van der Waals surface area contributed by atoms with E-state index in [1.807, 2.05) is 13.0 Å². The van der Waals surface area contributed by atoms with Gasteiger partial charge in [0.25, 0.3) is 0 Å². The second-order valence-electron chi connectivity index (χ2n) is 5.25. The molecule has 0 saturated carbocycles. The predicted octanol–water partition coefficient (Wildman–Crippen LogP) is 1.90. The van der Waals surface area contributed by atoms with Crippen molar-refractivity contribution in [1.29, 1.82) is 0 Å². The van der Waals surface area contributed by atoms with Crippen molar-refractivity contribution in [2.45, 2.75) is 13.5 Å². The Hall–Kier alpha value is -3.29. The van der Waals surface area contributed by atoms with E-state index in [0.29, 0.717) is 11.4 Å². The van der Waals surface area contributed by atoms with E-state index in [4.69, 9.17) is 4.42 Å². The number of aromatic nitrogens is 2. The molecule has 0 spiro atoms. The molecule has 2 aromatic heterocycles. The van der Waals surface area contributed by atoms with Gasteiger partial charge in [0.1, 0.15) is 5.76 Å². The maximum Gasteiger partial charge on any atom is 0.315 e. The number of anilines is 1. The molecule has 0 bridgehead atoms. The van der Waals surface area contributed by atoms with Crippen LogP contribution in [0.5, 0.6) is 0 Å². The van der Waals surface area contributed by atoms with Crippen molar-refractivity contribution >= 4 is 28.5 Å². The fourth-order valence-electron chi connectivity index (χ4n) is 2.27. The van der Waals surface area contributed by atoms with Crippen molar-refractivity contribution in [3.05, 3.63) is 48.0 Å². The van der Waals surface area contributed by atoms with Gasteiger partial charge in [0.05, 0.1) is 36.8 Å². The lowest BCUT2D eigenvalue weighted by Gasteiger charge is -2.09. The molecule has 1 aromatic carbocycles. The highest BCUT2D eigenvalue weighted by Crippen LogP contribution is 2.23. The van der Waals surface area contributed by atoms with Crippen LogP contribution < -0.4 is 16.0 Å². The van der Waals surface area contributed by atoms with Crippen molar-refractivity contribution < 1.29 is 14.0 Å². The molecule has 24 heavy (non-hydrogen) atoms. The molecule has 8 heteroatoms. The van der Waals surface area contributed by atoms with E-state index < -0.39 is 6.03 Å². The molecular formula is C16H17N5O3. The minimum absolute atomic E-state index is 0.145. The lowest BCUT2D eigenvalue weighted by molar-refractivity contribution is -0.115. The maximum atomic E-state index is 12.0. The largest absolute Gasteiger partial charge is 0.467 e. The molecule has 3 amide bonds. The van der Waals surface area contributed by atoms with Gasteiger partial charge in [0.2, 0.25) is 5.91 Å². The number of nitrogens with zero attached hydrogens (tertiary/aromatic N) is 1. The lowest BCUT2D eigenvalue weighted by atomic mass is 10.1. The summed E-state index contributed by atoms with van der Waals surface area (Å²) in [5, 5.41) is 15.6. The topological polar surface area (TPSA) is 112 Å². The number of aromatic amines is 1. The first-order valence-corrected chi connectivity index (χ1v) is 7.40. The second kappa shape index (κ2) is 6.86. The SMILES string of the molecule is Cc1ccc(NC(=O)CNC(=O)NCc2ccco2)c2[nH]ncc12. The third-order valence-electron chi connectivity index (χ3n) is 3.52. The number of benzene rings is 1. The Morgan fingerprint density at radius 3 is 2.92 bits per heavy atom. The Labute approximate surface area is 137 Å². The van der Waals surface area contributed by atoms with Gasteiger partial charge in [-0.2, -0.15) is 5.10 Å². The third-order valence-corrected chi connectivity index (χ3v) is 3.52. The number of H-pyrrole nitrogens is 1. The van der Waals surface area contributed by atoms with Crippen LogP contribution in [0.3, 0.4) is 0 Å². The molecule has 0 aliphatic rings. The van der Waals surface area contributed by atoms with Gasteiger partial charge in [0.15, 0.2) is 0 Å². The van der Waals surface area contributed by atoms with Crippen molar-refractivity contribution in [2.24, 2.45) is 0 Å². The summed E-state index contributed by atoms with van der Waals surface area (Å²) >= 11 is 0. The summed E-state index contributed by atoms with van der Waals surface area (Å²) in [5.41, 5.74) is 2.44. The van der Waals surface area contributed by atoms with Crippen LogP contribution in [-0.4, -0.2) is 28.7 Å². The number of amides is 3. The van der Waals surface area contributed by atoms with Gasteiger partial charge in [-0.3, -0.25) is 9.89 Å². The van der Waals surface area contributed by atoms with E-state index in [-0.39, 0.29) is 19.0 Å². The highest BCUT2D eigenvalue weighted by atomic mass is 16.3. The molecule has 0 saturated heterocycles. The maximum absolute atomic E-state index is 12.0. The number of nitrogens with one attached hydrogen (secondary N) is 4. The van der Waals surface area contributed by atoms with Gasteiger partial charge in [-0.15, -0.1) is 0 Å². The van der Waals surface area contributed by atoms with Crippen molar-refractivity contribution in [1.82, 2.24) is 20.8 Å². The van der Waals surface area contributed by atoms with Gasteiger partial charge in [-0.1, -0.05) is 6.07 Å². The molecule has 0 aliphatic carbocycles. The molecule has 3 rings (SSSR count). The summed E-state index contributed by atoms with van der Waals surface area (Å²) in [6.45, 7) is 2.08. The summed E-state index contributed by atoms with van der Waals surface area (Å²) in [6.07, 6.45) is 3.24. The minimum atomic E-state index is -0.447. The normalized spacial score (nSPS) is 10.5. The van der Waals surface area contributed by atoms with E-state index in [0.717, 1.165) is 16.5 Å². The number of carbonyl (C=O) groups excluding carboxylic acids is 2. The van der Waals surface area contributed by atoms with Gasteiger partial charge in [-0.25, -0.2) is 4.79 Å². The molecule has 124 valence electrons. The van der Waals surface area contributed by atoms with E-state index >= 15 is 0 Å². The van der Waals surface area contributed by atoms with Crippen LogP contribution in [0, 0.1) is 6.92 Å². The molecule has 0 atom stereocenters. The molecule has 0 fully saturated rings. The molecule has 2 heterocycles. The van der Waals surface area contributed by atoms with Crippen molar-refractivity contribution in [3.63, 3.8) is 0 Å². The highest BCUT2D eigenvalue weighted by Gasteiger charge is 2.10. The number of hydrogen-bond acceptors (Lipinski definition) is 4. The fraction of sp³-hybridized carbons (Fsp3) is 0.188. The first-order valence-electron chi connectivity index (χ1n) is 7.40. The van der Waals surface area contributed by atoms with Crippen molar-refractivity contribution in [2.75, 3.05) is 11.9 Å². The van der Waals surface area contributed by atoms with Crippen LogP contribution in [0.4, 0.5) is 10.5 Å². The Morgan fingerprint density at radius 1 is 1.25 bits per heavy atom. The number of rotatable bonds is 5. The Balaban J connectivity index is 1.51. The average molecular weight is 327 g/mol. The van der Waals surface area contributed by atoms with Crippen LogP contribution in [0.25, 0.3) is 10.9 Å². The number of urea groups is 1. The number of carbonyl (C=O) groups is 2. The fourth-order valence-corrected chi connectivity index (χ4v) is 2.27. The average Bonchev–Trinajstić information content (AvgIpc) is 3.25. The zero-order valence-corrected chi connectivity index (χ0v) is 13.1. The zero-order chi connectivity index (χ0) is 16.9. The molecule has 0 radical (unpaired) electrons. The summed E-state index contributed by atoms with van der Waals surface area (Å²) in [7, 11) is 0. The van der Waals surface area contributed by atoms with Crippen molar-refractivity contribution in [3.8, 4) is 0 Å².